The highest BCUT2D eigenvalue weighted by atomic mass is 35.5. The number of hydrogen-bond acceptors (Lipinski definition) is 3. The minimum atomic E-state index is -1.18. The number of nitrogens with one attached hydrogen (secondary N) is 1. The zero-order valence-corrected chi connectivity index (χ0v) is 15.5. The van der Waals surface area contributed by atoms with Crippen LogP contribution in [0.5, 0.6) is 5.75 Å². The molecule has 6 nitrogen and oxygen atoms in total. The number of hydrogen-bond donors (Lipinski definition) is 2. The molecule has 2 N–H and O–H groups in total. The number of halogens is 1. The average molecular weight is 387 g/mol. The Hall–Kier alpha value is -2.99. The van der Waals surface area contributed by atoms with Crippen molar-refractivity contribution in [3.05, 3.63) is 75.2 Å². The van der Waals surface area contributed by atoms with E-state index in [9.17, 15) is 9.59 Å². The van der Waals surface area contributed by atoms with Crippen LogP contribution in [0.1, 0.15) is 11.3 Å². The van der Waals surface area contributed by atoms with Crippen molar-refractivity contribution in [2.75, 3.05) is 6.61 Å². The Bertz CT molecular complexity index is 1030. The largest absolute Gasteiger partial charge is 0.491 e. The zero-order valence-electron chi connectivity index (χ0n) is 14.7. The van der Waals surface area contributed by atoms with E-state index in [1.807, 2.05) is 30.3 Å². The van der Waals surface area contributed by atoms with Crippen LogP contribution in [0.2, 0.25) is 5.02 Å². The van der Waals surface area contributed by atoms with E-state index in [0.717, 1.165) is 5.56 Å². The Labute approximate surface area is 161 Å². The summed E-state index contributed by atoms with van der Waals surface area (Å²) in [7, 11) is 1.60. The van der Waals surface area contributed by atoms with E-state index in [1.54, 1.807) is 25.2 Å². The molecule has 1 amide bonds. The van der Waals surface area contributed by atoms with E-state index in [0.29, 0.717) is 40.3 Å². The van der Waals surface area contributed by atoms with Gasteiger partial charge in [-0.3, -0.25) is 4.79 Å². The maximum absolute atomic E-state index is 12.6. The molecule has 3 rings (SSSR count). The summed E-state index contributed by atoms with van der Waals surface area (Å²) in [6.07, 6.45) is -0.499. The molecule has 0 saturated heterocycles. The minimum absolute atomic E-state index is 0.0514. The van der Waals surface area contributed by atoms with Crippen LogP contribution in [0.4, 0.5) is 4.79 Å². The van der Waals surface area contributed by atoms with Gasteiger partial charge in [0, 0.05) is 23.9 Å². The van der Waals surface area contributed by atoms with Crippen LogP contribution in [0.15, 0.2) is 53.3 Å². The number of fused-ring (bicyclic) bond motifs is 1. The van der Waals surface area contributed by atoms with Crippen LogP contribution in [0, 0.1) is 0 Å². The second-order valence-electron chi connectivity index (χ2n) is 6.07. The van der Waals surface area contributed by atoms with Crippen molar-refractivity contribution >= 4 is 28.5 Å². The standard InChI is InChI=1S/C20H19ClN2O4/c1-23-17(12-22-20(25)26)18(27-10-9-13-5-3-2-4-6-13)16-11-14(21)7-8-15(16)19(23)24/h2-8,11,22H,9-10,12H2,1H3,(H,25,26). The van der Waals surface area contributed by atoms with E-state index in [2.05, 4.69) is 5.32 Å². The van der Waals surface area contributed by atoms with E-state index in [4.69, 9.17) is 21.4 Å². The third kappa shape index (κ3) is 4.23. The highest BCUT2D eigenvalue weighted by Crippen LogP contribution is 2.30. The molecule has 7 heteroatoms. The number of carboxylic acid groups (broad SMARTS) is 1. The van der Waals surface area contributed by atoms with Crippen LogP contribution in [-0.4, -0.2) is 22.4 Å². The lowest BCUT2D eigenvalue weighted by atomic mass is 10.1. The molecule has 0 radical (unpaired) electrons. The van der Waals surface area contributed by atoms with Crippen molar-refractivity contribution in [2.45, 2.75) is 13.0 Å². The van der Waals surface area contributed by atoms with E-state index >= 15 is 0 Å². The Morgan fingerprint density at radius 2 is 1.93 bits per heavy atom. The molecule has 0 saturated carbocycles. The van der Waals surface area contributed by atoms with E-state index < -0.39 is 6.09 Å². The summed E-state index contributed by atoms with van der Waals surface area (Å²) in [6.45, 7) is 0.327. The zero-order chi connectivity index (χ0) is 19.4. The molecular weight excluding hydrogens is 368 g/mol. The summed E-state index contributed by atoms with van der Waals surface area (Å²) in [5.74, 6) is 0.458. The molecule has 0 fully saturated rings. The van der Waals surface area contributed by atoms with Crippen LogP contribution in [-0.2, 0) is 20.0 Å². The number of nitrogens with zero attached hydrogens (tertiary/aromatic N) is 1. The van der Waals surface area contributed by atoms with E-state index in [1.165, 1.54) is 4.57 Å². The van der Waals surface area contributed by atoms with Crippen LogP contribution in [0.25, 0.3) is 10.8 Å². The maximum atomic E-state index is 12.6. The van der Waals surface area contributed by atoms with Gasteiger partial charge in [0.05, 0.1) is 24.2 Å². The van der Waals surface area contributed by atoms with Crippen molar-refractivity contribution in [3.8, 4) is 5.75 Å². The molecule has 0 spiro atoms. The Morgan fingerprint density at radius 3 is 2.63 bits per heavy atom. The SMILES string of the molecule is Cn1c(CNC(=O)O)c(OCCc2ccccc2)c2cc(Cl)ccc2c1=O. The summed E-state index contributed by atoms with van der Waals surface area (Å²) in [6, 6.07) is 14.8. The first-order valence-corrected chi connectivity index (χ1v) is 8.80. The first kappa shape index (κ1) is 18.8. The predicted octanol–water partition coefficient (Wildman–Crippen LogP) is 3.58. The van der Waals surface area contributed by atoms with Gasteiger partial charge in [0.2, 0.25) is 0 Å². The number of aromatic nitrogens is 1. The van der Waals surface area contributed by atoms with Crippen LogP contribution < -0.4 is 15.6 Å². The van der Waals surface area contributed by atoms with Gasteiger partial charge < -0.3 is 19.7 Å². The molecule has 1 heterocycles. The normalized spacial score (nSPS) is 10.7. The molecule has 3 aromatic rings. The van der Waals surface area contributed by atoms with E-state index in [-0.39, 0.29) is 12.1 Å². The molecule has 0 aliphatic rings. The van der Waals surface area contributed by atoms with Crippen molar-refractivity contribution in [1.82, 2.24) is 9.88 Å². The Kier molecular flexibility index (Phi) is 5.66. The van der Waals surface area contributed by atoms with Gasteiger partial charge in [0.25, 0.3) is 5.56 Å². The van der Waals surface area contributed by atoms with Crippen molar-refractivity contribution in [1.29, 1.82) is 0 Å². The second kappa shape index (κ2) is 8.14. The number of amides is 1. The van der Waals surface area contributed by atoms with Crippen molar-refractivity contribution < 1.29 is 14.6 Å². The molecule has 0 bridgehead atoms. The van der Waals surface area contributed by atoms with Gasteiger partial charge in [-0.05, 0) is 23.8 Å². The van der Waals surface area contributed by atoms with Gasteiger partial charge in [0.15, 0.2) is 0 Å². The number of ether oxygens (including phenoxy) is 1. The van der Waals surface area contributed by atoms with Gasteiger partial charge >= 0.3 is 6.09 Å². The third-order valence-corrected chi connectivity index (χ3v) is 4.55. The maximum Gasteiger partial charge on any atom is 0.404 e. The molecule has 2 aromatic carbocycles. The molecule has 140 valence electrons. The fourth-order valence-corrected chi connectivity index (χ4v) is 3.11. The lowest BCUT2D eigenvalue weighted by Gasteiger charge is -2.18. The van der Waals surface area contributed by atoms with Gasteiger partial charge in [-0.2, -0.15) is 0 Å². The first-order valence-electron chi connectivity index (χ1n) is 8.42. The smallest absolute Gasteiger partial charge is 0.404 e. The van der Waals surface area contributed by atoms with Crippen LogP contribution in [0.3, 0.4) is 0 Å². The summed E-state index contributed by atoms with van der Waals surface area (Å²) >= 11 is 6.12. The molecular formula is C20H19ClN2O4. The molecule has 0 atom stereocenters. The van der Waals surface area contributed by atoms with Crippen molar-refractivity contribution in [3.63, 3.8) is 0 Å². The predicted molar refractivity (Wildman–Crippen MR) is 105 cm³/mol. The molecule has 27 heavy (non-hydrogen) atoms. The second-order valence-corrected chi connectivity index (χ2v) is 6.51. The highest BCUT2D eigenvalue weighted by molar-refractivity contribution is 6.31. The monoisotopic (exact) mass is 386 g/mol. The summed E-state index contributed by atoms with van der Waals surface area (Å²) in [4.78, 5) is 23.6. The molecule has 0 aliphatic carbocycles. The van der Waals surface area contributed by atoms with Gasteiger partial charge in [-0.1, -0.05) is 41.9 Å². The molecule has 1 aromatic heterocycles. The summed E-state index contributed by atoms with van der Waals surface area (Å²) < 4.78 is 7.43. The Morgan fingerprint density at radius 1 is 1.19 bits per heavy atom. The number of carbonyl (C=O) groups is 1. The minimum Gasteiger partial charge on any atom is -0.491 e. The first-order chi connectivity index (χ1) is 13.0. The molecule has 0 unspecified atom stereocenters. The topological polar surface area (TPSA) is 80.6 Å². The van der Waals surface area contributed by atoms with Gasteiger partial charge in [0.1, 0.15) is 5.75 Å². The van der Waals surface area contributed by atoms with Gasteiger partial charge in [-0.25, -0.2) is 4.79 Å². The quantitative estimate of drug-likeness (QED) is 0.678. The number of pyridine rings is 1. The lowest BCUT2D eigenvalue weighted by molar-refractivity contribution is 0.193. The highest BCUT2D eigenvalue weighted by Gasteiger charge is 2.17. The fourth-order valence-electron chi connectivity index (χ4n) is 2.94. The Balaban J connectivity index is 2.01. The van der Waals surface area contributed by atoms with Crippen molar-refractivity contribution in [2.24, 2.45) is 7.05 Å². The van der Waals surface area contributed by atoms with Crippen LogP contribution >= 0.6 is 11.6 Å². The lowest BCUT2D eigenvalue weighted by Crippen LogP contribution is -2.28. The third-order valence-electron chi connectivity index (χ3n) is 4.32. The van der Waals surface area contributed by atoms with Gasteiger partial charge in [-0.15, -0.1) is 0 Å². The average Bonchev–Trinajstić information content (AvgIpc) is 2.65. The number of rotatable bonds is 6. The summed E-state index contributed by atoms with van der Waals surface area (Å²) in [5, 5.41) is 12.8. The molecule has 0 aliphatic heterocycles. The fraction of sp³-hybridized carbons (Fsp3) is 0.200. The summed E-state index contributed by atoms with van der Waals surface area (Å²) in [5.41, 5.74) is 1.33. The number of benzene rings is 2.